The molecule has 0 radical (unpaired) electrons. The summed E-state index contributed by atoms with van der Waals surface area (Å²) in [4.78, 5) is 10.6. The predicted octanol–water partition coefficient (Wildman–Crippen LogP) is 2.24. The van der Waals surface area contributed by atoms with E-state index in [0.29, 0.717) is 21.7 Å². The highest BCUT2D eigenvalue weighted by Gasteiger charge is 2.09. The van der Waals surface area contributed by atoms with Crippen LogP contribution in [0.1, 0.15) is 10.4 Å². The SMILES string of the molecule is O=Cc1cn[nH]c1-c1ccc(Br)o1. The first-order valence-electron chi connectivity index (χ1n) is 3.55. The van der Waals surface area contributed by atoms with E-state index in [0.717, 1.165) is 6.29 Å². The van der Waals surface area contributed by atoms with Crippen molar-refractivity contribution in [1.82, 2.24) is 10.2 Å². The van der Waals surface area contributed by atoms with Crippen molar-refractivity contribution < 1.29 is 9.21 Å². The van der Waals surface area contributed by atoms with Gasteiger partial charge in [0.05, 0.1) is 11.8 Å². The Balaban J connectivity index is 2.51. The molecule has 2 rings (SSSR count). The Hall–Kier alpha value is -1.36. The molecule has 0 saturated carbocycles. The van der Waals surface area contributed by atoms with Crippen LogP contribution in [0.2, 0.25) is 0 Å². The summed E-state index contributed by atoms with van der Waals surface area (Å²) >= 11 is 3.17. The fourth-order valence-electron chi connectivity index (χ4n) is 1.03. The first kappa shape index (κ1) is 8.25. The second kappa shape index (κ2) is 3.18. The van der Waals surface area contributed by atoms with E-state index in [1.54, 1.807) is 12.1 Å². The fourth-order valence-corrected chi connectivity index (χ4v) is 1.34. The molecule has 0 saturated heterocycles. The van der Waals surface area contributed by atoms with E-state index in [2.05, 4.69) is 26.1 Å². The highest BCUT2D eigenvalue weighted by atomic mass is 79.9. The maximum Gasteiger partial charge on any atom is 0.169 e. The van der Waals surface area contributed by atoms with E-state index < -0.39 is 0 Å². The van der Waals surface area contributed by atoms with Gasteiger partial charge in [0.25, 0.3) is 0 Å². The van der Waals surface area contributed by atoms with Gasteiger partial charge in [-0.15, -0.1) is 0 Å². The first-order valence-corrected chi connectivity index (χ1v) is 4.35. The van der Waals surface area contributed by atoms with Crippen molar-refractivity contribution in [3.05, 3.63) is 28.6 Å². The van der Waals surface area contributed by atoms with Crippen LogP contribution in [0.5, 0.6) is 0 Å². The molecule has 0 fully saturated rings. The van der Waals surface area contributed by atoms with Gasteiger partial charge in [-0.2, -0.15) is 5.10 Å². The van der Waals surface area contributed by atoms with Crippen LogP contribution >= 0.6 is 15.9 Å². The topological polar surface area (TPSA) is 58.9 Å². The van der Waals surface area contributed by atoms with E-state index in [-0.39, 0.29) is 0 Å². The number of carbonyl (C=O) groups is 1. The molecule has 0 aliphatic rings. The minimum absolute atomic E-state index is 0.488. The predicted molar refractivity (Wildman–Crippen MR) is 49.4 cm³/mol. The van der Waals surface area contributed by atoms with Crippen molar-refractivity contribution in [2.75, 3.05) is 0 Å². The molecule has 1 N–H and O–H groups in total. The van der Waals surface area contributed by atoms with Crippen LogP contribution in [0.4, 0.5) is 0 Å². The summed E-state index contributed by atoms with van der Waals surface area (Å²) in [6.45, 7) is 0. The van der Waals surface area contributed by atoms with Crippen molar-refractivity contribution in [3.63, 3.8) is 0 Å². The molecular formula is C8H5BrN2O2. The van der Waals surface area contributed by atoms with E-state index in [4.69, 9.17) is 4.42 Å². The Kier molecular flexibility index (Phi) is 2.02. The highest BCUT2D eigenvalue weighted by Crippen LogP contribution is 2.24. The normalized spacial score (nSPS) is 10.2. The van der Waals surface area contributed by atoms with Gasteiger partial charge in [0.1, 0.15) is 5.69 Å². The largest absolute Gasteiger partial charge is 0.448 e. The molecule has 0 unspecified atom stereocenters. The molecule has 0 amide bonds. The van der Waals surface area contributed by atoms with Crippen LogP contribution in [0.15, 0.2) is 27.4 Å². The van der Waals surface area contributed by atoms with Crippen molar-refractivity contribution in [2.24, 2.45) is 0 Å². The standard InChI is InChI=1S/C8H5BrN2O2/c9-7-2-1-6(13-7)8-5(4-12)3-10-11-8/h1-4H,(H,10,11). The zero-order valence-electron chi connectivity index (χ0n) is 6.45. The number of furan rings is 1. The van der Waals surface area contributed by atoms with Crippen molar-refractivity contribution >= 4 is 22.2 Å². The molecule has 66 valence electrons. The first-order chi connectivity index (χ1) is 6.31. The lowest BCUT2D eigenvalue weighted by molar-refractivity contribution is 0.112. The molecule has 0 aliphatic heterocycles. The molecule has 0 atom stereocenters. The number of hydrogen-bond donors (Lipinski definition) is 1. The van der Waals surface area contributed by atoms with Gasteiger partial charge in [-0.25, -0.2) is 0 Å². The second-order valence-electron chi connectivity index (χ2n) is 2.42. The number of halogens is 1. The van der Waals surface area contributed by atoms with Crippen molar-refractivity contribution in [3.8, 4) is 11.5 Å². The lowest BCUT2D eigenvalue weighted by atomic mass is 10.2. The zero-order chi connectivity index (χ0) is 9.26. The third kappa shape index (κ3) is 1.42. The maximum atomic E-state index is 10.6. The summed E-state index contributed by atoms with van der Waals surface area (Å²) in [5.41, 5.74) is 1.09. The molecule has 0 aliphatic carbocycles. The Morgan fingerprint density at radius 1 is 1.54 bits per heavy atom. The van der Waals surface area contributed by atoms with E-state index in [1.165, 1.54) is 6.20 Å². The number of nitrogens with zero attached hydrogens (tertiary/aromatic N) is 1. The fraction of sp³-hybridized carbons (Fsp3) is 0. The van der Waals surface area contributed by atoms with Gasteiger partial charge in [0, 0.05) is 0 Å². The van der Waals surface area contributed by atoms with E-state index in [9.17, 15) is 4.79 Å². The van der Waals surface area contributed by atoms with E-state index >= 15 is 0 Å². The van der Waals surface area contributed by atoms with Crippen LogP contribution in [-0.4, -0.2) is 16.5 Å². The number of aldehydes is 1. The van der Waals surface area contributed by atoms with Crippen LogP contribution < -0.4 is 0 Å². The number of H-pyrrole nitrogens is 1. The van der Waals surface area contributed by atoms with Gasteiger partial charge in [-0.05, 0) is 28.1 Å². The number of carbonyl (C=O) groups excluding carboxylic acids is 1. The quantitative estimate of drug-likeness (QED) is 0.820. The van der Waals surface area contributed by atoms with Gasteiger partial charge in [0.15, 0.2) is 16.7 Å². The summed E-state index contributed by atoms with van der Waals surface area (Å²) in [6.07, 6.45) is 2.19. The molecule has 2 aromatic rings. The van der Waals surface area contributed by atoms with Crippen LogP contribution in [-0.2, 0) is 0 Å². The Bertz CT molecular complexity index is 433. The molecule has 2 aromatic heterocycles. The Morgan fingerprint density at radius 2 is 2.38 bits per heavy atom. The number of aromatic amines is 1. The molecule has 0 aromatic carbocycles. The molecule has 5 heteroatoms. The summed E-state index contributed by atoms with van der Waals surface area (Å²) in [7, 11) is 0. The average molecular weight is 241 g/mol. The van der Waals surface area contributed by atoms with Crippen LogP contribution in [0.3, 0.4) is 0 Å². The molecule has 4 nitrogen and oxygen atoms in total. The zero-order valence-corrected chi connectivity index (χ0v) is 8.04. The molecule has 0 bridgehead atoms. The summed E-state index contributed by atoms with van der Waals surface area (Å²) in [6, 6.07) is 3.51. The maximum absolute atomic E-state index is 10.6. The van der Waals surface area contributed by atoms with Gasteiger partial charge in [0.2, 0.25) is 0 Å². The van der Waals surface area contributed by atoms with Gasteiger partial charge in [-0.3, -0.25) is 9.89 Å². The smallest absolute Gasteiger partial charge is 0.169 e. The highest BCUT2D eigenvalue weighted by molar-refractivity contribution is 9.10. The van der Waals surface area contributed by atoms with Crippen LogP contribution in [0.25, 0.3) is 11.5 Å². The van der Waals surface area contributed by atoms with Crippen molar-refractivity contribution in [1.29, 1.82) is 0 Å². The molecule has 0 spiro atoms. The summed E-state index contributed by atoms with van der Waals surface area (Å²) < 4.78 is 5.88. The number of hydrogen-bond acceptors (Lipinski definition) is 3. The molecular weight excluding hydrogens is 236 g/mol. The molecule has 2 heterocycles. The van der Waals surface area contributed by atoms with E-state index in [1.807, 2.05) is 0 Å². The number of rotatable bonds is 2. The average Bonchev–Trinajstić information content (AvgIpc) is 2.71. The second-order valence-corrected chi connectivity index (χ2v) is 3.20. The lowest BCUT2D eigenvalue weighted by Crippen LogP contribution is -1.80. The summed E-state index contributed by atoms with van der Waals surface area (Å²) in [5, 5.41) is 6.44. The van der Waals surface area contributed by atoms with Gasteiger partial charge in [-0.1, -0.05) is 0 Å². The Morgan fingerprint density at radius 3 is 3.00 bits per heavy atom. The Labute approximate surface area is 82.1 Å². The third-order valence-corrected chi connectivity index (χ3v) is 2.04. The number of aromatic nitrogens is 2. The molecule has 13 heavy (non-hydrogen) atoms. The summed E-state index contributed by atoms with van der Waals surface area (Å²) in [5.74, 6) is 0.589. The van der Waals surface area contributed by atoms with Gasteiger partial charge < -0.3 is 4.42 Å². The van der Waals surface area contributed by atoms with Gasteiger partial charge >= 0.3 is 0 Å². The monoisotopic (exact) mass is 240 g/mol. The number of nitrogens with one attached hydrogen (secondary N) is 1. The lowest BCUT2D eigenvalue weighted by Gasteiger charge is -1.90. The minimum atomic E-state index is 0.488. The minimum Gasteiger partial charge on any atom is -0.448 e. The van der Waals surface area contributed by atoms with Crippen LogP contribution in [0, 0.1) is 0 Å². The van der Waals surface area contributed by atoms with Crippen molar-refractivity contribution in [2.45, 2.75) is 0 Å². The third-order valence-electron chi connectivity index (χ3n) is 1.62.